The molecule has 16 heavy (non-hydrogen) atoms. The van der Waals surface area contributed by atoms with E-state index >= 15 is 0 Å². The summed E-state index contributed by atoms with van der Waals surface area (Å²) in [5, 5.41) is 8.91. The Labute approximate surface area is 101 Å². The van der Waals surface area contributed by atoms with Crippen molar-refractivity contribution in [1.29, 1.82) is 0 Å². The molecule has 5 heteroatoms. The number of halogens is 1. The molecular formula is C11H11BrN2O2. The van der Waals surface area contributed by atoms with E-state index in [1.165, 1.54) is 0 Å². The van der Waals surface area contributed by atoms with Crippen LogP contribution in [-0.2, 0) is 4.79 Å². The van der Waals surface area contributed by atoms with Crippen LogP contribution in [0.2, 0.25) is 0 Å². The molecule has 3 rings (SSSR count). The molecule has 1 N–H and O–H groups in total. The van der Waals surface area contributed by atoms with Gasteiger partial charge in [0.25, 0.3) is 0 Å². The Kier molecular flexibility index (Phi) is 2.24. The van der Waals surface area contributed by atoms with Gasteiger partial charge in [-0.05, 0) is 35.2 Å². The molecule has 2 unspecified atom stereocenters. The summed E-state index contributed by atoms with van der Waals surface area (Å²) >= 11 is 3.40. The molecule has 2 aliphatic carbocycles. The number of carbonyl (C=O) groups is 1. The minimum atomic E-state index is -0.719. The van der Waals surface area contributed by atoms with Crippen molar-refractivity contribution in [3.8, 4) is 0 Å². The fourth-order valence-corrected chi connectivity index (χ4v) is 2.45. The lowest BCUT2D eigenvalue weighted by Gasteiger charge is -2.04. The van der Waals surface area contributed by atoms with E-state index < -0.39 is 5.97 Å². The van der Waals surface area contributed by atoms with Gasteiger partial charge in [-0.3, -0.25) is 4.79 Å². The van der Waals surface area contributed by atoms with Crippen molar-refractivity contribution in [2.45, 2.75) is 31.1 Å². The third-order valence-corrected chi connectivity index (χ3v) is 3.80. The number of nitrogens with zero attached hydrogens (tertiary/aromatic N) is 2. The summed E-state index contributed by atoms with van der Waals surface area (Å²) in [6.07, 6.45) is 4.78. The molecule has 1 aromatic heterocycles. The van der Waals surface area contributed by atoms with Crippen molar-refractivity contribution in [2.75, 3.05) is 0 Å². The molecule has 0 aliphatic heterocycles. The Morgan fingerprint density at radius 1 is 1.50 bits per heavy atom. The van der Waals surface area contributed by atoms with Crippen LogP contribution in [-0.4, -0.2) is 21.0 Å². The smallest absolute Gasteiger partial charge is 0.307 e. The predicted molar refractivity (Wildman–Crippen MR) is 60.2 cm³/mol. The fourth-order valence-electron chi connectivity index (χ4n) is 1.96. The predicted octanol–water partition coefficient (Wildman–Crippen LogP) is 2.30. The van der Waals surface area contributed by atoms with Gasteiger partial charge in [-0.15, -0.1) is 0 Å². The summed E-state index contributed by atoms with van der Waals surface area (Å²) in [4.78, 5) is 19.6. The van der Waals surface area contributed by atoms with Crippen LogP contribution < -0.4 is 0 Å². The Morgan fingerprint density at radius 3 is 2.81 bits per heavy atom. The highest BCUT2D eigenvalue weighted by Crippen LogP contribution is 2.49. The Bertz CT molecular complexity index is 459. The first-order valence-electron chi connectivity index (χ1n) is 5.42. The molecule has 0 radical (unpaired) electrons. The van der Waals surface area contributed by atoms with E-state index in [9.17, 15) is 4.79 Å². The minimum Gasteiger partial charge on any atom is -0.481 e. The summed E-state index contributed by atoms with van der Waals surface area (Å²) in [5.41, 5.74) is 0.879. The number of aromatic nitrogens is 2. The monoisotopic (exact) mass is 282 g/mol. The zero-order chi connectivity index (χ0) is 11.3. The van der Waals surface area contributed by atoms with Crippen molar-refractivity contribution < 1.29 is 9.90 Å². The topological polar surface area (TPSA) is 63.1 Å². The largest absolute Gasteiger partial charge is 0.481 e. The number of rotatable bonds is 3. The molecular weight excluding hydrogens is 272 g/mol. The van der Waals surface area contributed by atoms with Crippen molar-refractivity contribution >= 4 is 21.9 Å². The Hall–Kier alpha value is -0.970. The third-order valence-electron chi connectivity index (χ3n) is 3.19. The molecule has 0 bridgehead atoms. The van der Waals surface area contributed by atoms with E-state index in [0.717, 1.165) is 28.8 Å². The van der Waals surface area contributed by atoms with Gasteiger partial charge >= 0.3 is 5.97 Å². The standard InChI is InChI=1S/C11H11BrN2O2/c12-8-4-13-10(5-1-2-5)14-9(8)6-3-7(6)11(15)16/h4-7H,1-3H2,(H,15,16). The summed E-state index contributed by atoms with van der Waals surface area (Å²) in [7, 11) is 0. The normalized spacial score (nSPS) is 27.8. The van der Waals surface area contributed by atoms with Gasteiger partial charge in [-0.2, -0.15) is 0 Å². The molecule has 0 spiro atoms. The maximum atomic E-state index is 10.8. The highest BCUT2D eigenvalue weighted by molar-refractivity contribution is 9.10. The second-order valence-electron chi connectivity index (χ2n) is 4.52. The number of carboxylic acids is 1. The molecule has 4 nitrogen and oxygen atoms in total. The van der Waals surface area contributed by atoms with Crippen LogP contribution in [0.1, 0.15) is 42.6 Å². The van der Waals surface area contributed by atoms with Gasteiger partial charge < -0.3 is 5.11 Å². The molecule has 84 valence electrons. The van der Waals surface area contributed by atoms with Crippen LogP contribution in [0, 0.1) is 5.92 Å². The fraction of sp³-hybridized carbons (Fsp3) is 0.545. The van der Waals surface area contributed by atoms with Crippen LogP contribution in [0.4, 0.5) is 0 Å². The van der Waals surface area contributed by atoms with Gasteiger partial charge in [-0.1, -0.05) is 0 Å². The highest BCUT2D eigenvalue weighted by atomic mass is 79.9. The average Bonchev–Trinajstić information content (AvgIpc) is 3.12. The van der Waals surface area contributed by atoms with Crippen LogP contribution >= 0.6 is 15.9 Å². The van der Waals surface area contributed by atoms with Crippen LogP contribution in [0.15, 0.2) is 10.7 Å². The van der Waals surface area contributed by atoms with Crippen LogP contribution in [0.5, 0.6) is 0 Å². The number of aliphatic carboxylic acids is 1. The molecule has 0 aromatic carbocycles. The molecule has 2 atom stereocenters. The van der Waals surface area contributed by atoms with Gasteiger partial charge in [0.15, 0.2) is 0 Å². The van der Waals surface area contributed by atoms with Gasteiger partial charge in [-0.25, -0.2) is 9.97 Å². The van der Waals surface area contributed by atoms with E-state index in [1.54, 1.807) is 6.20 Å². The van der Waals surface area contributed by atoms with E-state index in [4.69, 9.17) is 5.11 Å². The second kappa shape index (κ2) is 3.52. The molecule has 2 fully saturated rings. The van der Waals surface area contributed by atoms with Gasteiger partial charge in [0.1, 0.15) is 5.82 Å². The van der Waals surface area contributed by atoms with Gasteiger partial charge in [0.2, 0.25) is 0 Å². The van der Waals surface area contributed by atoms with E-state index in [1.807, 2.05) is 0 Å². The molecule has 1 aromatic rings. The molecule has 0 saturated heterocycles. The zero-order valence-corrected chi connectivity index (χ0v) is 10.1. The van der Waals surface area contributed by atoms with Gasteiger partial charge in [0.05, 0.1) is 16.1 Å². The Morgan fingerprint density at radius 2 is 2.25 bits per heavy atom. The maximum Gasteiger partial charge on any atom is 0.307 e. The van der Waals surface area contributed by atoms with Crippen molar-refractivity contribution in [3.05, 3.63) is 22.2 Å². The Balaban J connectivity index is 1.88. The van der Waals surface area contributed by atoms with Crippen LogP contribution in [0.25, 0.3) is 0 Å². The molecule has 2 saturated carbocycles. The first-order chi connectivity index (χ1) is 7.66. The summed E-state index contributed by atoms with van der Waals surface area (Å²) in [6, 6.07) is 0. The summed E-state index contributed by atoms with van der Waals surface area (Å²) in [6.45, 7) is 0. The zero-order valence-electron chi connectivity index (χ0n) is 8.56. The average molecular weight is 283 g/mol. The lowest BCUT2D eigenvalue weighted by Crippen LogP contribution is -2.03. The van der Waals surface area contributed by atoms with Crippen LogP contribution in [0.3, 0.4) is 0 Å². The van der Waals surface area contributed by atoms with Gasteiger partial charge in [0, 0.05) is 18.0 Å². The van der Waals surface area contributed by atoms with E-state index in [0.29, 0.717) is 12.3 Å². The maximum absolute atomic E-state index is 10.8. The summed E-state index contributed by atoms with van der Waals surface area (Å²) in [5.74, 6) is 0.497. The van der Waals surface area contributed by atoms with Crippen molar-refractivity contribution in [2.24, 2.45) is 5.92 Å². The van der Waals surface area contributed by atoms with Crippen molar-refractivity contribution in [3.63, 3.8) is 0 Å². The van der Waals surface area contributed by atoms with Crippen molar-refractivity contribution in [1.82, 2.24) is 9.97 Å². The molecule has 2 aliphatic rings. The second-order valence-corrected chi connectivity index (χ2v) is 5.38. The summed E-state index contributed by atoms with van der Waals surface area (Å²) < 4.78 is 0.839. The molecule has 0 amide bonds. The quantitative estimate of drug-likeness (QED) is 0.924. The SMILES string of the molecule is O=C(O)C1CC1c1nc(C2CC2)ncc1Br. The number of carboxylic acid groups (broad SMARTS) is 1. The molecule has 1 heterocycles. The van der Waals surface area contributed by atoms with E-state index in [2.05, 4.69) is 25.9 Å². The first-order valence-corrected chi connectivity index (χ1v) is 6.21. The highest BCUT2D eigenvalue weighted by Gasteiger charge is 2.46. The first kappa shape index (κ1) is 10.2. The van der Waals surface area contributed by atoms with E-state index in [-0.39, 0.29) is 11.8 Å². The number of hydrogen-bond acceptors (Lipinski definition) is 3. The lowest BCUT2D eigenvalue weighted by molar-refractivity contribution is -0.138. The lowest BCUT2D eigenvalue weighted by atomic mass is 10.2. The minimum absolute atomic E-state index is 0.0763. The third kappa shape index (κ3) is 1.73. The number of hydrogen-bond donors (Lipinski definition) is 1.